The summed E-state index contributed by atoms with van der Waals surface area (Å²) in [4.78, 5) is 28.9. The van der Waals surface area contributed by atoms with Crippen molar-refractivity contribution in [2.24, 2.45) is 0 Å². The van der Waals surface area contributed by atoms with Crippen LogP contribution in [0.4, 0.5) is 4.79 Å². The second-order valence-corrected chi connectivity index (χ2v) is 6.24. The number of aromatic nitrogens is 1. The number of fused-ring (bicyclic) bond motifs is 1. The molecule has 1 aromatic heterocycles. The summed E-state index contributed by atoms with van der Waals surface area (Å²) in [7, 11) is 1.50. The van der Waals surface area contributed by atoms with Crippen LogP contribution in [0, 0.1) is 0 Å². The number of nitrogens with zero attached hydrogens (tertiary/aromatic N) is 1. The Morgan fingerprint density at radius 1 is 1.29 bits per heavy atom. The number of rotatable bonds is 4. The van der Waals surface area contributed by atoms with Crippen LogP contribution in [0.1, 0.15) is 37.4 Å². The maximum atomic E-state index is 11.8. The number of piperidine rings is 1. The van der Waals surface area contributed by atoms with Crippen molar-refractivity contribution >= 4 is 22.8 Å². The number of hydrogen-bond donors (Lipinski definition) is 3. The lowest BCUT2D eigenvalue weighted by Gasteiger charge is -2.35. The van der Waals surface area contributed by atoms with Gasteiger partial charge in [-0.2, -0.15) is 0 Å². The van der Waals surface area contributed by atoms with Gasteiger partial charge in [0.15, 0.2) is 0 Å². The molecule has 1 aromatic carbocycles. The van der Waals surface area contributed by atoms with Crippen LogP contribution in [0.25, 0.3) is 10.9 Å². The number of para-hydroxylation sites is 1. The van der Waals surface area contributed by atoms with Gasteiger partial charge in [0.2, 0.25) is 5.91 Å². The van der Waals surface area contributed by atoms with E-state index in [0.717, 1.165) is 24.9 Å². The van der Waals surface area contributed by atoms with Crippen molar-refractivity contribution in [1.29, 1.82) is 0 Å². The lowest BCUT2D eigenvalue weighted by Crippen LogP contribution is -2.40. The average Bonchev–Trinajstić information content (AvgIpc) is 3.04. The van der Waals surface area contributed by atoms with Gasteiger partial charge in [0.05, 0.1) is 0 Å². The Balaban J connectivity index is 1.67. The predicted molar refractivity (Wildman–Crippen MR) is 93.7 cm³/mol. The van der Waals surface area contributed by atoms with Crippen LogP contribution in [0.5, 0.6) is 0 Å². The molecule has 1 aliphatic heterocycles. The number of hydrogen-bond acceptors (Lipinski definition) is 3. The molecule has 0 saturated carbocycles. The Morgan fingerprint density at radius 2 is 2.12 bits per heavy atom. The van der Waals surface area contributed by atoms with Crippen LogP contribution in [-0.2, 0) is 4.79 Å². The molecule has 2 heterocycles. The van der Waals surface area contributed by atoms with Crippen LogP contribution in [-0.4, -0.2) is 42.0 Å². The molecule has 0 radical (unpaired) electrons. The van der Waals surface area contributed by atoms with E-state index in [1.165, 1.54) is 24.5 Å². The van der Waals surface area contributed by atoms with E-state index in [1.807, 2.05) is 12.1 Å². The molecule has 1 saturated heterocycles. The van der Waals surface area contributed by atoms with Crippen molar-refractivity contribution in [3.63, 3.8) is 0 Å². The van der Waals surface area contributed by atoms with Crippen LogP contribution < -0.4 is 10.6 Å². The zero-order chi connectivity index (χ0) is 16.9. The van der Waals surface area contributed by atoms with Gasteiger partial charge in [-0.05, 0) is 36.9 Å². The number of nitrogens with one attached hydrogen (secondary N) is 3. The molecule has 0 aliphatic carbocycles. The monoisotopic (exact) mass is 328 g/mol. The van der Waals surface area contributed by atoms with E-state index in [4.69, 9.17) is 0 Å². The molecule has 3 N–H and O–H groups in total. The Bertz CT molecular complexity index is 692. The van der Waals surface area contributed by atoms with Crippen molar-refractivity contribution in [3.8, 4) is 0 Å². The van der Waals surface area contributed by atoms with E-state index in [2.05, 4.69) is 38.7 Å². The lowest BCUT2D eigenvalue weighted by molar-refractivity contribution is -0.120. The van der Waals surface area contributed by atoms with Crippen LogP contribution in [0.3, 0.4) is 0 Å². The van der Waals surface area contributed by atoms with Gasteiger partial charge in [-0.15, -0.1) is 0 Å². The molecular formula is C18H24N4O2. The second kappa shape index (κ2) is 7.49. The number of benzene rings is 1. The first-order valence-corrected chi connectivity index (χ1v) is 8.50. The number of amides is 3. The van der Waals surface area contributed by atoms with Gasteiger partial charge < -0.3 is 10.3 Å². The number of urea groups is 1. The Kier molecular flexibility index (Phi) is 5.15. The second-order valence-electron chi connectivity index (χ2n) is 6.24. The zero-order valence-electron chi connectivity index (χ0n) is 14.0. The normalized spacial score (nSPS) is 18.5. The molecule has 6 nitrogen and oxygen atoms in total. The van der Waals surface area contributed by atoms with Gasteiger partial charge in [-0.1, -0.05) is 24.6 Å². The molecule has 1 fully saturated rings. The fraction of sp³-hybridized carbons (Fsp3) is 0.444. The van der Waals surface area contributed by atoms with Gasteiger partial charge in [-0.25, -0.2) is 4.79 Å². The first-order chi connectivity index (χ1) is 11.7. The van der Waals surface area contributed by atoms with E-state index in [-0.39, 0.29) is 5.91 Å². The summed E-state index contributed by atoms with van der Waals surface area (Å²) in [5.74, 6) is -0.240. The van der Waals surface area contributed by atoms with Crippen LogP contribution in [0.2, 0.25) is 0 Å². The van der Waals surface area contributed by atoms with Gasteiger partial charge in [0, 0.05) is 37.3 Å². The molecule has 0 unspecified atom stereocenters. The highest BCUT2D eigenvalue weighted by Crippen LogP contribution is 2.32. The summed E-state index contributed by atoms with van der Waals surface area (Å²) in [6, 6.07) is 10.3. The number of carbonyl (C=O) groups is 2. The standard InChI is InChI=1S/C18H24N4O2/c1-19-18(24)21-17(23)9-11-22-10-5-4-8-16(22)15-12-13-6-2-3-7-14(13)20-15/h2-3,6-7,12,16,20H,4-5,8-11H2,1H3,(H2,19,21,23,24)/t16-/m1/s1. The first kappa shape index (κ1) is 16.5. The molecule has 3 rings (SSSR count). The minimum atomic E-state index is -0.453. The Hall–Kier alpha value is -2.34. The largest absolute Gasteiger partial charge is 0.357 e. The smallest absolute Gasteiger partial charge is 0.321 e. The molecule has 1 aliphatic rings. The van der Waals surface area contributed by atoms with E-state index in [9.17, 15) is 9.59 Å². The molecule has 0 spiro atoms. The third-order valence-electron chi connectivity index (χ3n) is 4.63. The number of likely N-dealkylation sites (tertiary alicyclic amines) is 1. The summed E-state index contributed by atoms with van der Waals surface area (Å²) < 4.78 is 0. The molecule has 0 bridgehead atoms. The number of carbonyl (C=O) groups excluding carboxylic acids is 2. The highest BCUT2D eigenvalue weighted by molar-refractivity contribution is 5.94. The third kappa shape index (κ3) is 3.76. The fourth-order valence-electron chi connectivity index (χ4n) is 3.38. The average molecular weight is 328 g/mol. The van der Waals surface area contributed by atoms with E-state index < -0.39 is 6.03 Å². The van der Waals surface area contributed by atoms with Gasteiger partial charge in [0.1, 0.15) is 0 Å². The molecule has 128 valence electrons. The van der Waals surface area contributed by atoms with E-state index in [0.29, 0.717) is 19.0 Å². The van der Waals surface area contributed by atoms with Gasteiger partial charge in [0.25, 0.3) is 0 Å². The minimum Gasteiger partial charge on any atom is -0.357 e. The SMILES string of the molecule is CNC(=O)NC(=O)CCN1CCCC[C@@H]1c1cc2ccccc2[nH]1. The molecule has 1 atom stereocenters. The predicted octanol–water partition coefficient (Wildman–Crippen LogP) is 2.54. The lowest BCUT2D eigenvalue weighted by atomic mass is 9.99. The van der Waals surface area contributed by atoms with E-state index in [1.54, 1.807) is 0 Å². The summed E-state index contributed by atoms with van der Waals surface area (Å²) in [5.41, 5.74) is 2.36. The number of aromatic amines is 1. The highest BCUT2D eigenvalue weighted by Gasteiger charge is 2.25. The summed E-state index contributed by atoms with van der Waals surface area (Å²) in [6.45, 7) is 1.64. The number of imide groups is 1. The summed E-state index contributed by atoms with van der Waals surface area (Å²) in [6.07, 6.45) is 3.75. The topological polar surface area (TPSA) is 77.2 Å². The maximum absolute atomic E-state index is 11.8. The summed E-state index contributed by atoms with van der Waals surface area (Å²) >= 11 is 0. The first-order valence-electron chi connectivity index (χ1n) is 8.50. The van der Waals surface area contributed by atoms with Gasteiger partial charge >= 0.3 is 6.03 Å². The zero-order valence-corrected chi connectivity index (χ0v) is 14.0. The van der Waals surface area contributed by atoms with Crippen molar-refractivity contribution in [3.05, 3.63) is 36.0 Å². The van der Waals surface area contributed by atoms with Crippen molar-refractivity contribution < 1.29 is 9.59 Å². The maximum Gasteiger partial charge on any atom is 0.321 e. The van der Waals surface area contributed by atoms with E-state index >= 15 is 0 Å². The van der Waals surface area contributed by atoms with Crippen molar-refractivity contribution in [1.82, 2.24) is 20.5 Å². The molecular weight excluding hydrogens is 304 g/mol. The van der Waals surface area contributed by atoms with Crippen LogP contribution in [0.15, 0.2) is 30.3 Å². The molecule has 3 amide bonds. The van der Waals surface area contributed by atoms with Crippen molar-refractivity contribution in [2.75, 3.05) is 20.1 Å². The Morgan fingerprint density at radius 3 is 2.92 bits per heavy atom. The van der Waals surface area contributed by atoms with Crippen molar-refractivity contribution in [2.45, 2.75) is 31.7 Å². The quantitative estimate of drug-likeness (QED) is 0.807. The highest BCUT2D eigenvalue weighted by atomic mass is 16.2. The van der Waals surface area contributed by atoms with Gasteiger partial charge in [-0.3, -0.25) is 15.0 Å². The molecule has 2 aromatic rings. The fourth-order valence-corrected chi connectivity index (χ4v) is 3.38. The molecule has 24 heavy (non-hydrogen) atoms. The number of H-pyrrole nitrogens is 1. The summed E-state index contributed by atoms with van der Waals surface area (Å²) in [5, 5.41) is 5.93. The third-order valence-corrected chi connectivity index (χ3v) is 4.63. The van der Waals surface area contributed by atoms with Crippen LogP contribution >= 0.6 is 0 Å². The minimum absolute atomic E-state index is 0.240. The Labute approximate surface area is 141 Å². The molecule has 6 heteroatoms.